The van der Waals surface area contributed by atoms with Crippen LogP contribution in [-0.4, -0.2) is 44.4 Å². The molecule has 0 bridgehead atoms. The maximum absolute atomic E-state index is 7.75. The molecule has 0 saturated carbocycles. The van der Waals surface area contributed by atoms with Crippen LogP contribution >= 0.6 is 0 Å². The standard InChI is InChI=1S/C4H13N3.C2H7NO/c5-1-3-7-4-2-6;3-1-2-4/h7H,1-6H2;4H,1-3H2. The van der Waals surface area contributed by atoms with Crippen LogP contribution in [-0.2, 0) is 0 Å². The Kier molecular flexibility index (Phi) is 20.0. The first kappa shape index (κ1) is 13.4. The molecule has 0 aliphatic rings. The summed E-state index contributed by atoms with van der Waals surface area (Å²) in [5.41, 5.74) is 15.1. The van der Waals surface area contributed by atoms with E-state index in [1.165, 1.54) is 0 Å². The zero-order chi connectivity index (χ0) is 8.95. The van der Waals surface area contributed by atoms with E-state index < -0.39 is 0 Å². The van der Waals surface area contributed by atoms with Crippen LogP contribution in [0.1, 0.15) is 0 Å². The number of hydrogen-bond donors (Lipinski definition) is 5. The first-order valence-electron chi connectivity index (χ1n) is 3.75. The smallest absolute Gasteiger partial charge is 0.0553 e. The van der Waals surface area contributed by atoms with Crippen molar-refractivity contribution in [3.05, 3.63) is 0 Å². The minimum Gasteiger partial charge on any atom is -0.395 e. The quantitative estimate of drug-likeness (QED) is 0.287. The van der Waals surface area contributed by atoms with Gasteiger partial charge >= 0.3 is 0 Å². The molecule has 0 saturated heterocycles. The van der Waals surface area contributed by atoms with Crippen LogP contribution in [0.25, 0.3) is 0 Å². The molecule has 0 aromatic heterocycles. The van der Waals surface area contributed by atoms with Gasteiger partial charge in [-0.15, -0.1) is 0 Å². The third-order valence-corrected chi connectivity index (χ3v) is 0.771. The van der Waals surface area contributed by atoms with E-state index in [1.807, 2.05) is 0 Å². The highest BCUT2D eigenvalue weighted by Crippen LogP contribution is 1.49. The van der Waals surface area contributed by atoms with E-state index in [2.05, 4.69) is 5.32 Å². The van der Waals surface area contributed by atoms with E-state index in [0.29, 0.717) is 19.6 Å². The van der Waals surface area contributed by atoms with Gasteiger partial charge in [0.05, 0.1) is 6.61 Å². The van der Waals surface area contributed by atoms with Gasteiger partial charge in [-0.1, -0.05) is 0 Å². The molecule has 5 heteroatoms. The van der Waals surface area contributed by atoms with Crippen molar-refractivity contribution in [2.75, 3.05) is 39.3 Å². The highest BCUT2D eigenvalue weighted by atomic mass is 16.3. The second kappa shape index (κ2) is 16.4. The van der Waals surface area contributed by atoms with Gasteiger partial charge in [-0.3, -0.25) is 0 Å². The van der Waals surface area contributed by atoms with Crippen LogP contribution in [0.4, 0.5) is 0 Å². The topological polar surface area (TPSA) is 110 Å². The van der Waals surface area contributed by atoms with Gasteiger partial charge in [0, 0.05) is 32.7 Å². The molecule has 0 rings (SSSR count). The van der Waals surface area contributed by atoms with Gasteiger partial charge in [0.25, 0.3) is 0 Å². The molecule has 0 radical (unpaired) electrons. The summed E-state index contributed by atoms with van der Waals surface area (Å²) in [6, 6.07) is 0. The zero-order valence-corrected chi connectivity index (χ0v) is 6.92. The lowest BCUT2D eigenvalue weighted by molar-refractivity contribution is 0.306. The molecular weight excluding hydrogens is 144 g/mol. The van der Waals surface area contributed by atoms with Crippen LogP contribution in [0, 0.1) is 0 Å². The lowest BCUT2D eigenvalue weighted by atomic mass is 10.6. The van der Waals surface area contributed by atoms with Crippen molar-refractivity contribution < 1.29 is 5.11 Å². The van der Waals surface area contributed by atoms with Crippen LogP contribution in [0.2, 0.25) is 0 Å². The third-order valence-electron chi connectivity index (χ3n) is 0.771. The molecule has 70 valence electrons. The molecule has 5 nitrogen and oxygen atoms in total. The Morgan fingerprint density at radius 1 is 0.909 bits per heavy atom. The predicted octanol–water partition coefficient (Wildman–Crippen LogP) is -2.57. The maximum atomic E-state index is 7.75. The van der Waals surface area contributed by atoms with Crippen LogP contribution in [0.15, 0.2) is 0 Å². The minimum absolute atomic E-state index is 0.0972. The summed E-state index contributed by atoms with van der Waals surface area (Å²) in [5, 5.41) is 10.8. The van der Waals surface area contributed by atoms with Gasteiger partial charge in [-0.05, 0) is 0 Å². The minimum atomic E-state index is 0.0972. The molecule has 0 amide bonds. The van der Waals surface area contributed by atoms with Crippen molar-refractivity contribution in [1.29, 1.82) is 0 Å². The average Bonchev–Trinajstić information content (AvgIpc) is 2.06. The lowest BCUT2D eigenvalue weighted by Gasteiger charge is -1.95. The Bertz CT molecular complexity index is 47.8. The van der Waals surface area contributed by atoms with Crippen LogP contribution in [0.3, 0.4) is 0 Å². The summed E-state index contributed by atoms with van der Waals surface area (Å²) in [7, 11) is 0. The van der Waals surface area contributed by atoms with Crippen molar-refractivity contribution in [2.24, 2.45) is 17.2 Å². The fraction of sp³-hybridized carbons (Fsp3) is 1.00. The first-order chi connectivity index (χ1) is 5.33. The number of aliphatic hydroxyl groups excluding tert-OH is 1. The highest BCUT2D eigenvalue weighted by Gasteiger charge is 1.76. The molecule has 0 aliphatic heterocycles. The van der Waals surface area contributed by atoms with Crippen molar-refractivity contribution in [1.82, 2.24) is 5.32 Å². The molecule has 0 aromatic rings. The second-order valence-electron chi connectivity index (χ2n) is 1.84. The van der Waals surface area contributed by atoms with Crippen molar-refractivity contribution in [3.8, 4) is 0 Å². The van der Waals surface area contributed by atoms with Gasteiger partial charge in [0.1, 0.15) is 0 Å². The summed E-state index contributed by atoms with van der Waals surface area (Å²) < 4.78 is 0. The van der Waals surface area contributed by atoms with Crippen molar-refractivity contribution >= 4 is 0 Å². The molecular formula is C6H20N4O. The Balaban J connectivity index is 0. The Morgan fingerprint density at radius 2 is 1.27 bits per heavy atom. The number of nitrogens with two attached hydrogens (primary N) is 3. The monoisotopic (exact) mass is 164 g/mol. The lowest BCUT2D eigenvalue weighted by Crippen LogP contribution is -2.27. The fourth-order valence-corrected chi connectivity index (χ4v) is 0.329. The maximum Gasteiger partial charge on any atom is 0.0553 e. The number of nitrogens with one attached hydrogen (secondary N) is 1. The van der Waals surface area contributed by atoms with Crippen LogP contribution < -0.4 is 22.5 Å². The SMILES string of the molecule is NCCNCCN.NCCO. The van der Waals surface area contributed by atoms with E-state index in [9.17, 15) is 0 Å². The van der Waals surface area contributed by atoms with E-state index >= 15 is 0 Å². The fourth-order valence-electron chi connectivity index (χ4n) is 0.329. The summed E-state index contributed by atoms with van der Waals surface area (Å²) in [5.74, 6) is 0. The van der Waals surface area contributed by atoms with Gasteiger partial charge in [-0.2, -0.15) is 0 Å². The molecule has 0 fully saturated rings. The number of rotatable bonds is 5. The zero-order valence-electron chi connectivity index (χ0n) is 6.92. The van der Waals surface area contributed by atoms with Crippen molar-refractivity contribution in [3.63, 3.8) is 0 Å². The normalized spacial score (nSPS) is 8.73. The number of hydrogen-bond acceptors (Lipinski definition) is 5. The van der Waals surface area contributed by atoms with E-state index in [0.717, 1.165) is 13.1 Å². The summed E-state index contributed by atoms with van der Waals surface area (Å²) >= 11 is 0. The summed E-state index contributed by atoms with van der Waals surface area (Å²) in [6.45, 7) is 3.61. The molecule has 0 aliphatic carbocycles. The van der Waals surface area contributed by atoms with Gasteiger partial charge in [0.15, 0.2) is 0 Å². The molecule has 0 atom stereocenters. The summed E-state index contributed by atoms with van der Waals surface area (Å²) in [6.07, 6.45) is 0. The largest absolute Gasteiger partial charge is 0.395 e. The van der Waals surface area contributed by atoms with E-state index in [4.69, 9.17) is 22.3 Å². The van der Waals surface area contributed by atoms with E-state index in [-0.39, 0.29) is 6.61 Å². The predicted molar refractivity (Wildman–Crippen MR) is 47.1 cm³/mol. The average molecular weight is 164 g/mol. The van der Waals surface area contributed by atoms with E-state index in [1.54, 1.807) is 0 Å². The van der Waals surface area contributed by atoms with Crippen molar-refractivity contribution in [2.45, 2.75) is 0 Å². The third kappa shape index (κ3) is 25.9. The molecule has 0 heterocycles. The Hall–Kier alpha value is -0.200. The molecule has 8 N–H and O–H groups in total. The van der Waals surface area contributed by atoms with Gasteiger partial charge < -0.3 is 27.6 Å². The van der Waals surface area contributed by atoms with Gasteiger partial charge in [-0.25, -0.2) is 0 Å². The second-order valence-corrected chi connectivity index (χ2v) is 1.84. The van der Waals surface area contributed by atoms with Gasteiger partial charge in [0.2, 0.25) is 0 Å². The number of aliphatic hydroxyl groups is 1. The molecule has 11 heavy (non-hydrogen) atoms. The Morgan fingerprint density at radius 3 is 1.45 bits per heavy atom. The summed E-state index contributed by atoms with van der Waals surface area (Å²) in [4.78, 5) is 0. The van der Waals surface area contributed by atoms with Crippen LogP contribution in [0.5, 0.6) is 0 Å². The highest BCUT2D eigenvalue weighted by molar-refractivity contribution is 4.45. The first-order valence-corrected chi connectivity index (χ1v) is 3.75. The molecule has 0 aromatic carbocycles. The molecule has 0 unspecified atom stereocenters. The Labute approximate surface area is 67.9 Å². The molecule has 0 spiro atoms.